The molecule has 1 fully saturated rings. The first-order valence-corrected chi connectivity index (χ1v) is 16.3. The number of carbonyl (C=O) groups is 1. The molecule has 10 heteroatoms. The summed E-state index contributed by atoms with van der Waals surface area (Å²) in [7, 11) is 1.68. The summed E-state index contributed by atoms with van der Waals surface area (Å²) >= 11 is 6.92. The molecule has 3 aromatic carbocycles. The second-order valence-electron chi connectivity index (χ2n) is 13.7. The van der Waals surface area contributed by atoms with E-state index in [1.54, 1.807) is 18.3 Å². The number of amides is 1. The number of nitrogens with zero attached hydrogens (tertiary/aromatic N) is 5. The van der Waals surface area contributed by atoms with Crippen LogP contribution in [0.4, 0.5) is 10.5 Å². The van der Waals surface area contributed by atoms with Crippen LogP contribution in [0.1, 0.15) is 73.0 Å². The summed E-state index contributed by atoms with van der Waals surface area (Å²) < 4.78 is 13.7. The summed E-state index contributed by atoms with van der Waals surface area (Å²) in [6, 6.07) is 12.2. The molecule has 9 nitrogen and oxygen atoms in total. The lowest BCUT2D eigenvalue weighted by atomic mass is 9.85. The van der Waals surface area contributed by atoms with E-state index in [-0.39, 0.29) is 18.1 Å². The van der Waals surface area contributed by atoms with Crippen molar-refractivity contribution in [3.63, 3.8) is 0 Å². The average Bonchev–Trinajstić information content (AvgIpc) is 3.58. The number of halogens is 1. The molecule has 1 aliphatic heterocycles. The van der Waals surface area contributed by atoms with Gasteiger partial charge in [0.15, 0.2) is 5.65 Å². The number of anilines is 1. The molecule has 0 saturated carbocycles. The predicted octanol–water partition coefficient (Wildman–Crippen LogP) is 7.87. The predicted molar refractivity (Wildman–Crippen MR) is 185 cm³/mol. The monoisotopic (exact) mass is 650 g/mol. The molecule has 1 aliphatic carbocycles. The van der Waals surface area contributed by atoms with Crippen LogP contribution in [-0.2, 0) is 11.2 Å². The summed E-state index contributed by atoms with van der Waals surface area (Å²) in [6.45, 7) is 12.8. The summed E-state index contributed by atoms with van der Waals surface area (Å²) in [6.07, 6.45) is 3.84. The maximum atomic E-state index is 12.7. The van der Waals surface area contributed by atoms with Gasteiger partial charge in [0.05, 0.1) is 18.5 Å². The molecule has 0 radical (unpaired) electrons. The molecule has 47 heavy (non-hydrogen) atoms. The molecule has 0 spiro atoms. The zero-order valence-corrected chi connectivity index (χ0v) is 28.6. The van der Waals surface area contributed by atoms with E-state index in [4.69, 9.17) is 36.9 Å². The third-order valence-electron chi connectivity index (χ3n) is 9.48. The first-order valence-electron chi connectivity index (χ1n) is 15.9. The van der Waals surface area contributed by atoms with Gasteiger partial charge in [-0.3, -0.25) is 0 Å². The van der Waals surface area contributed by atoms with E-state index in [1.165, 1.54) is 11.1 Å². The standard InChI is InChI=1S/C37H39ClN6O3/c1-19-12-27(26-13-22-10-8-9-11-24(22)31(26)32(19)39)33-28-15-40-18-41-35(28)44(42-33)21(3)25-14-29(38)20(2)30(34(25)46-7)23-16-43(17-23)36(45)47-37(4,5)6/h8-12,14-15,18,21,23H,13,16-17,39H2,1-7H3. The number of hydrogen-bond acceptors (Lipinski definition) is 7. The second-order valence-corrected chi connectivity index (χ2v) is 14.1. The third-order valence-corrected chi connectivity index (χ3v) is 9.87. The van der Waals surface area contributed by atoms with Crippen LogP contribution in [-0.4, -0.2) is 56.5 Å². The Kier molecular flexibility index (Phi) is 7.43. The molecule has 1 atom stereocenters. The summed E-state index contributed by atoms with van der Waals surface area (Å²) in [4.78, 5) is 23.6. The van der Waals surface area contributed by atoms with Crippen LogP contribution >= 0.6 is 11.6 Å². The Bertz CT molecular complexity index is 2080. The molecule has 1 saturated heterocycles. The normalized spacial score (nSPS) is 14.9. The van der Waals surface area contributed by atoms with E-state index in [9.17, 15) is 4.79 Å². The third kappa shape index (κ3) is 5.08. The molecule has 2 aromatic heterocycles. The van der Waals surface area contributed by atoms with Crippen LogP contribution in [0.15, 0.2) is 48.9 Å². The van der Waals surface area contributed by atoms with Crippen molar-refractivity contribution in [2.75, 3.05) is 25.9 Å². The van der Waals surface area contributed by atoms with Gasteiger partial charge in [0.1, 0.15) is 23.4 Å². The minimum absolute atomic E-state index is 0.0522. The number of aromatic nitrogens is 4. The van der Waals surface area contributed by atoms with Gasteiger partial charge in [-0.05, 0) is 87.9 Å². The van der Waals surface area contributed by atoms with Crippen LogP contribution in [0.2, 0.25) is 5.02 Å². The van der Waals surface area contributed by atoms with E-state index < -0.39 is 5.60 Å². The maximum absolute atomic E-state index is 12.7. The molecule has 242 valence electrons. The van der Waals surface area contributed by atoms with Crippen LogP contribution in [0, 0.1) is 13.8 Å². The smallest absolute Gasteiger partial charge is 0.410 e. The minimum Gasteiger partial charge on any atom is -0.496 e. The van der Waals surface area contributed by atoms with Gasteiger partial charge in [0.2, 0.25) is 0 Å². The molecular weight excluding hydrogens is 612 g/mol. The van der Waals surface area contributed by atoms with Gasteiger partial charge in [-0.15, -0.1) is 0 Å². The Balaban J connectivity index is 1.32. The topological polar surface area (TPSA) is 108 Å². The quantitative estimate of drug-likeness (QED) is 0.189. The van der Waals surface area contributed by atoms with Crippen LogP contribution in [0.5, 0.6) is 5.75 Å². The second kappa shape index (κ2) is 11.3. The molecule has 2 aliphatic rings. The maximum Gasteiger partial charge on any atom is 0.410 e. The van der Waals surface area contributed by atoms with Crippen molar-refractivity contribution in [3.8, 4) is 28.1 Å². The Labute approximate surface area is 279 Å². The highest BCUT2D eigenvalue weighted by Crippen LogP contribution is 2.48. The summed E-state index contributed by atoms with van der Waals surface area (Å²) in [5, 5.41) is 6.74. The molecular formula is C37H39ClN6O3. The van der Waals surface area contributed by atoms with Crippen molar-refractivity contribution in [2.45, 2.75) is 65.5 Å². The Morgan fingerprint density at radius 2 is 1.87 bits per heavy atom. The van der Waals surface area contributed by atoms with Gasteiger partial charge in [-0.2, -0.15) is 5.10 Å². The van der Waals surface area contributed by atoms with Crippen molar-refractivity contribution in [3.05, 3.63) is 87.3 Å². The Hall–Kier alpha value is -4.63. The average molecular weight is 651 g/mol. The number of fused-ring (bicyclic) bond motifs is 4. The van der Waals surface area contributed by atoms with Crippen LogP contribution < -0.4 is 10.5 Å². The molecule has 7 rings (SSSR count). The zero-order valence-electron chi connectivity index (χ0n) is 27.8. The fraction of sp³-hybridized carbons (Fsp3) is 0.351. The zero-order chi connectivity index (χ0) is 33.4. The summed E-state index contributed by atoms with van der Waals surface area (Å²) in [5.74, 6) is 0.795. The highest BCUT2D eigenvalue weighted by molar-refractivity contribution is 6.31. The van der Waals surface area contributed by atoms with Gasteiger partial charge >= 0.3 is 6.09 Å². The highest BCUT2D eigenvalue weighted by Gasteiger charge is 2.38. The number of nitrogen functional groups attached to an aromatic ring is 1. The summed E-state index contributed by atoms with van der Waals surface area (Å²) in [5.41, 5.74) is 18.0. The largest absolute Gasteiger partial charge is 0.496 e. The van der Waals surface area contributed by atoms with Crippen molar-refractivity contribution >= 4 is 34.4 Å². The molecule has 0 bridgehead atoms. The van der Waals surface area contributed by atoms with Gasteiger partial charge < -0.3 is 20.1 Å². The fourth-order valence-corrected chi connectivity index (χ4v) is 7.32. The van der Waals surface area contributed by atoms with E-state index >= 15 is 0 Å². The number of methoxy groups -OCH3 is 1. The lowest BCUT2D eigenvalue weighted by molar-refractivity contribution is 0.00793. The van der Waals surface area contributed by atoms with Crippen molar-refractivity contribution in [1.29, 1.82) is 0 Å². The van der Waals surface area contributed by atoms with Gasteiger partial charge in [0, 0.05) is 58.2 Å². The minimum atomic E-state index is -0.557. The highest BCUT2D eigenvalue weighted by atomic mass is 35.5. The number of hydrogen-bond donors (Lipinski definition) is 1. The number of likely N-dealkylation sites (tertiary alicyclic amines) is 1. The molecule has 3 heterocycles. The van der Waals surface area contributed by atoms with E-state index in [0.29, 0.717) is 23.8 Å². The first kappa shape index (κ1) is 31.0. The van der Waals surface area contributed by atoms with E-state index in [2.05, 4.69) is 42.2 Å². The Morgan fingerprint density at radius 3 is 2.60 bits per heavy atom. The van der Waals surface area contributed by atoms with Crippen molar-refractivity contribution in [1.82, 2.24) is 24.6 Å². The van der Waals surface area contributed by atoms with Crippen molar-refractivity contribution < 1.29 is 14.3 Å². The van der Waals surface area contributed by atoms with Crippen molar-refractivity contribution in [2.24, 2.45) is 0 Å². The van der Waals surface area contributed by atoms with Crippen LogP contribution in [0.25, 0.3) is 33.4 Å². The van der Waals surface area contributed by atoms with Crippen LogP contribution in [0.3, 0.4) is 0 Å². The van der Waals surface area contributed by atoms with Gasteiger partial charge in [-0.25, -0.2) is 19.4 Å². The fourth-order valence-electron chi connectivity index (χ4n) is 7.10. The van der Waals surface area contributed by atoms with Gasteiger partial charge in [-0.1, -0.05) is 35.9 Å². The number of nitrogens with two attached hydrogens (primary N) is 1. The SMILES string of the molecule is COc1c(C(C)n2nc(-c3cc(C)c(N)c4c3Cc3ccccc3-4)c3cncnc32)cc(Cl)c(C)c1C1CN(C(=O)OC(C)(C)C)C1. The number of ether oxygens (including phenoxy) is 2. The molecule has 1 unspecified atom stereocenters. The first-order chi connectivity index (χ1) is 22.4. The van der Waals surface area contributed by atoms with E-state index in [1.807, 2.05) is 51.6 Å². The lowest BCUT2D eigenvalue weighted by Crippen LogP contribution is -2.50. The lowest BCUT2D eigenvalue weighted by Gasteiger charge is -2.41. The Morgan fingerprint density at radius 1 is 1.13 bits per heavy atom. The number of aryl methyl sites for hydroxylation is 1. The molecule has 5 aromatic rings. The molecule has 1 amide bonds. The number of carbonyl (C=O) groups excluding carboxylic acids is 1. The molecule has 2 N–H and O–H groups in total. The number of rotatable bonds is 5. The number of benzene rings is 3. The van der Waals surface area contributed by atoms with E-state index in [0.717, 1.165) is 67.9 Å². The van der Waals surface area contributed by atoms with Gasteiger partial charge in [0.25, 0.3) is 0 Å².